The summed E-state index contributed by atoms with van der Waals surface area (Å²) < 4.78 is 0. The average Bonchev–Trinajstić information content (AvgIpc) is 1.85. The van der Waals surface area contributed by atoms with Crippen LogP contribution < -0.4 is 17.2 Å². The first kappa shape index (κ1) is 12.8. The largest absolute Gasteiger partial charge is 0.465 e. The smallest absolute Gasteiger partial charge is 0.402 e. The molecule has 0 rings (SSSR count). The van der Waals surface area contributed by atoms with Gasteiger partial charge in [0, 0.05) is 12.1 Å². The molecule has 0 aromatic heterocycles. The Labute approximate surface area is 65.0 Å². The van der Waals surface area contributed by atoms with E-state index in [4.69, 9.17) is 26.5 Å². The van der Waals surface area contributed by atoms with Crippen molar-refractivity contribution in [2.75, 3.05) is 6.61 Å². The molecule has 0 radical (unpaired) electrons. The van der Waals surface area contributed by atoms with E-state index in [1.54, 1.807) is 6.92 Å². The minimum Gasteiger partial charge on any atom is -0.465 e. The third-order valence-electron chi connectivity index (χ3n) is 0.886. The molecule has 0 aromatic carbocycles. The van der Waals surface area contributed by atoms with Gasteiger partial charge in [0.2, 0.25) is 0 Å². The maximum Gasteiger partial charge on any atom is 0.402 e. The summed E-state index contributed by atoms with van der Waals surface area (Å²) in [6.45, 7) is 1.73. The van der Waals surface area contributed by atoms with Crippen LogP contribution in [0.1, 0.15) is 6.92 Å². The molecule has 8 N–H and O–H groups in total. The van der Waals surface area contributed by atoms with Crippen molar-refractivity contribution >= 4 is 6.09 Å². The van der Waals surface area contributed by atoms with Gasteiger partial charge in [-0.15, -0.1) is 0 Å². The number of aliphatic hydroxyl groups excluding tert-OH is 1. The molecule has 2 atom stereocenters. The van der Waals surface area contributed by atoms with Crippen LogP contribution in [0.5, 0.6) is 0 Å². The summed E-state index contributed by atoms with van der Waals surface area (Å²) in [6, 6.07) is -0.370. The SMILES string of the molecule is CC(N)C(N)CO.NC(=O)O. The van der Waals surface area contributed by atoms with Crippen molar-refractivity contribution in [1.82, 2.24) is 0 Å². The van der Waals surface area contributed by atoms with E-state index in [0.717, 1.165) is 0 Å². The van der Waals surface area contributed by atoms with Crippen LogP contribution in [0.3, 0.4) is 0 Å². The lowest BCUT2D eigenvalue weighted by atomic mass is 10.2. The predicted octanol–water partition coefficient (Wildman–Crippen LogP) is -1.72. The molecule has 0 bridgehead atoms. The summed E-state index contributed by atoms with van der Waals surface area (Å²) in [4.78, 5) is 8.78. The Morgan fingerprint density at radius 2 is 1.82 bits per heavy atom. The summed E-state index contributed by atoms with van der Waals surface area (Å²) >= 11 is 0. The van der Waals surface area contributed by atoms with Crippen LogP contribution in [0.2, 0.25) is 0 Å². The van der Waals surface area contributed by atoms with Crippen LogP contribution in [0.15, 0.2) is 0 Å². The summed E-state index contributed by atoms with van der Waals surface area (Å²) in [5.74, 6) is 0. The van der Waals surface area contributed by atoms with Gasteiger partial charge in [-0.25, -0.2) is 4.79 Å². The molecule has 2 unspecified atom stereocenters. The standard InChI is InChI=1S/C4H12N2O.CH3NO2/c1-3(5)4(6)2-7;2-1(3)4/h3-4,7H,2,5-6H2,1H3;2H2,(H,3,4). The number of amides is 1. The maximum atomic E-state index is 8.78. The summed E-state index contributed by atoms with van der Waals surface area (Å²) in [5.41, 5.74) is 14.5. The van der Waals surface area contributed by atoms with E-state index in [2.05, 4.69) is 5.73 Å². The van der Waals surface area contributed by atoms with Crippen LogP contribution in [0.25, 0.3) is 0 Å². The first-order chi connectivity index (χ1) is 4.91. The van der Waals surface area contributed by atoms with E-state index >= 15 is 0 Å². The Morgan fingerprint density at radius 3 is 1.82 bits per heavy atom. The summed E-state index contributed by atoms with van der Waals surface area (Å²) in [6.07, 6.45) is -1.33. The van der Waals surface area contributed by atoms with Gasteiger partial charge in [0.25, 0.3) is 0 Å². The molecule has 0 aromatic rings. The Balaban J connectivity index is 0. The number of carbonyl (C=O) groups is 1. The van der Waals surface area contributed by atoms with E-state index in [1.165, 1.54) is 0 Å². The van der Waals surface area contributed by atoms with Crippen molar-refractivity contribution in [2.24, 2.45) is 17.2 Å². The number of nitrogens with two attached hydrogens (primary N) is 3. The van der Waals surface area contributed by atoms with Crippen molar-refractivity contribution in [3.05, 3.63) is 0 Å². The van der Waals surface area contributed by atoms with Crippen molar-refractivity contribution in [2.45, 2.75) is 19.0 Å². The molecule has 0 heterocycles. The maximum absolute atomic E-state index is 8.78. The van der Waals surface area contributed by atoms with E-state index < -0.39 is 6.09 Å². The van der Waals surface area contributed by atoms with Crippen molar-refractivity contribution in [1.29, 1.82) is 0 Å². The van der Waals surface area contributed by atoms with Crippen LogP contribution >= 0.6 is 0 Å². The van der Waals surface area contributed by atoms with E-state index in [0.29, 0.717) is 0 Å². The van der Waals surface area contributed by atoms with Gasteiger partial charge >= 0.3 is 6.09 Å². The van der Waals surface area contributed by atoms with Crippen molar-refractivity contribution in [3.63, 3.8) is 0 Å². The molecule has 0 aliphatic heterocycles. The molecule has 11 heavy (non-hydrogen) atoms. The van der Waals surface area contributed by atoms with Gasteiger partial charge in [-0.05, 0) is 6.92 Å². The van der Waals surface area contributed by atoms with Gasteiger partial charge in [-0.1, -0.05) is 0 Å². The quantitative estimate of drug-likeness (QED) is 0.331. The Morgan fingerprint density at radius 1 is 1.55 bits per heavy atom. The summed E-state index contributed by atoms with van der Waals surface area (Å²) in [5, 5.41) is 15.5. The zero-order valence-electron chi connectivity index (χ0n) is 6.40. The van der Waals surface area contributed by atoms with Gasteiger partial charge in [-0.2, -0.15) is 0 Å². The predicted molar refractivity (Wildman–Crippen MR) is 40.9 cm³/mol. The molecule has 0 spiro atoms. The lowest BCUT2D eigenvalue weighted by Crippen LogP contribution is -2.41. The second kappa shape index (κ2) is 7.26. The Hall–Kier alpha value is -0.850. The lowest BCUT2D eigenvalue weighted by Gasteiger charge is -2.10. The first-order valence-electron chi connectivity index (χ1n) is 3.02. The highest BCUT2D eigenvalue weighted by Crippen LogP contribution is 1.79. The second-order valence-electron chi connectivity index (χ2n) is 2.04. The summed E-state index contributed by atoms with van der Waals surface area (Å²) in [7, 11) is 0. The van der Waals surface area contributed by atoms with Crippen LogP contribution in [0.4, 0.5) is 4.79 Å². The molecule has 0 fully saturated rings. The van der Waals surface area contributed by atoms with Gasteiger partial charge in [0.1, 0.15) is 0 Å². The molecular formula is C5H15N3O3. The minimum absolute atomic E-state index is 0.0301. The third kappa shape index (κ3) is 17.6. The molecule has 6 heteroatoms. The number of rotatable bonds is 2. The third-order valence-corrected chi connectivity index (χ3v) is 0.886. The second-order valence-corrected chi connectivity index (χ2v) is 2.04. The fourth-order valence-electron chi connectivity index (χ4n) is 0.166. The highest BCUT2D eigenvalue weighted by atomic mass is 16.4. The van der Waals surface area contributed by atoms with Gasteiger partial charge in [0.15, 0.2) is 0 Å². The van der Waals surface area contributed by atoms with Crippen LogP contribution in [-0.2, 0) is 0 Å². The fraction of sp³-hybridized carbons (Fsp3) is 0.800. The fourth-order valence-corrected chi connectivity index (χ4v) is 0.166. The lowest BCUT2D eigenvalue weighted by molar-refractivity contribution is 0.205. The Bertz CT molecular complexity index is 103. The molecule has 0 saturated heterocycles. The topological polar surface area (TPSA) is 136 Å². The zero-order valence-corrected chi connectivity index (χ0v) is 6.40. The highest BCUT2D eigenvalue weighted by molar-refractivity contribution is 5.61. The van der Waals surface area contributed by atoms with Gasteiger partial charge < -0.3 is 27.4 Å². The molecular weight excluding hydrogens is 150 g/mol. The average molecular weight is 165 g/mol. The highest BCUT2D eigenvalue weighted by Gasteiger charge is 2.03. The molecule has 68 valence electrons. The molecule has 0 aliphatic rings. The van der Waals surface area contributed by atoms with E-state index in [1.807, 2.05) is 0 Å². The first-order valence-corrected chi connectivity index (χ1v) is 3.02. The number of aliphatic hydroxyl groups is 1. The molecule has 1 amide bonds. The number of hydrogen-bond acceptors (Lipinski definition) is 4. The minimum atomic E-state index is -1.33. The van der Waals surface area contributed by atoms with E-state index in [-0.39, 0.29) is 18.7 Å². The van der Waals surface area contributed by atoms with Gasteiger partial charge in [0.05, 0.1) is 6.61 Å². The van der Waals surface area contributed by atoms with Crippen LogP contribution in [0, 0.1) is 0 Å². The monoisotopic (exact) mass is 165 g/mol. The normalized spacial score (nSPS) is 14.2. The number of carboxylic acid groups (broad SMARTS) is 1. The molecule has 0 saturated carbocycles. The van der Waals surface area contributed by atoms with Crippen molar-refractivity contribution < 1.29 is 15.0 Å². The van der Waals surface area contributed by atoms with Crippen molar-refractivity contribution in [3.8, 4) is 0 Å². The zero-order chi connectivity index (χ0) is 9.44. The molecule has 0 aliphatic carbocycles. The van der Waals surface area contributed by atoms with E-state index in [9.17, 15) is 0 Å². The molecule has 6 nitrogen and oxygen atoms in total. The Kier molecular flexibility index (Phi) is 8.44. The number of hydrogen-bond donors (Lipinski definition) is 5. The van der Waals surface area contributed by atoms with Crippen LogP contribution in [-0.4, -0.2) is 35.0 Å². The van der Waals surface area contributed by atoms with Gasteiger partial charge in [-0.3, -0.25) is 0 Å². The number of primary amides is 1.